The molecule has 2 aromatic carbocycles. The van der Waals surface area contributed by atoms with Crippen LogP contribution in [0.2, 0.25) is 0 Å². The number of piperidine rings is 1. The minimum Gasteiger partial charge on any atom is -0.396 e. The molecule has 1 aromatic heterocycles. The highest BCUT2D eigenvalue weighted by atomic mass is 16.3. The highest BCUT2D eigenvalue weighted by Gasteiger charge is 2.54. The van der Waals surface area contributed by atoms with Crippen molar-refractivity contribution in [1.82, 2.24) is 20.0 Å². The number of fused-ring (bicyclic) bond motifs is 1. The van der Waals surface area contributed by atoms with Gasteiger partial charge in [0.2, 0.25) is 5.91 Å². The van der Waals surface area contributed by atoms with Crippen molar-refractivity contribution in [3.8, 4) is 0 Å². The van der Waals surface area contributed by atoms with Gasteiger partial charge in [-0.05, 0) is 48.6 Å². The van der Waals surface area contributed by atoms with Crippen LogP contribution in [-0.2, 0) is 9.59 Å². The quantitative estimate of drug-likeness (QED) is 0.513. The average Bonchev–Trinajstić information content (AvgIpc) is 3.47. The molecule has 9 heteroatoms. The minimum absolute atomic E-state index is 0.0146. The van der Waals surface area contributed by atoms with Gasteiger partial charge in [0, 0.05) is 42.8 Å². The number of aliphatic hydroxyl groups excluding tert-OH is 1. The number of H-pyrrole nitrogens is 1. The molecule has 1 spiro atoms. The van der Waals surface area contributed by atoms with Crippen LogP contribution in [0.5, 0.6) is 0 Å². The topological polar surface area (TPSA) is 110 Å². The number of anilines is 1. The Bertz CT molecular complexity index is 1310. The van der Waals surface area contributed by atoms with Gasteiger partial charge in [-0.25, -0.2) is 0 Å². The molecular weight excluding hydrogens is 470 g/mol. The van der Waals surface area contributed by atoms with Crippen LogP contribution in [0.4, 0.5) is 5.69 Å². The number of carbonyl (C=O) groups excluding carboxylic acids is 3. The van der Waals surface area contributed by atoms with E-state index in [9.17, 15) is 19.5 Å². The molecule has 2 fully saturated rings. The third kappa shape index (κ3) is 4.71. The number of nitrogens with one attached hydrogen (secondary N) is 1. The lowest BCUT2D eigenvalue weighted by molar-refractivity contribution is -0.137. The van der Waals surface area contributed by atoms with Crippen LogP contribution >= 0.6 is 0 Å². The number of rotatable bonds is 7. The molecule has 0 aliphatic carbocycles. The normalized spacial score (nSPS) is 17.7. The molecule has 9 nitrogen and oxygen atoms in total. The monoisotopic (exact) mass is 503 g/mol. The maximum Gasteiger partial charge on any atom is 0.253 e. The average molecular weight is 504 g/mol. The fraction of sp³-hybridized carbons (Fsp3) is 0.429. The molecule has 2 amide bonds. The highest BCUT2D eigenvalue weighted by Crippen LogP contribution is 2.40. The SMILES string of the molecule is CC(C)(CO)CC(=O)CN1CN(c2ccccc2)C2(CCN(C(=O)c3ccc4[nH]ncc4c3)CC2)C1=O. The predicted octanol–water partition coefficient (Wildman–Crippen LogP) is 2.82. The minimum atomic E-state index is -0.806. The molecule has 2 saturated heterocycles. The van der Waals surface area contributed by atoms with Crippen molar-refractivity contribution in [1.29, 1.82) is 0 Å². The van der Waals surface area contributed by atoms with Gasteiger partial charge < -0.3 is 19.8 Å². The van der Waals surface area contributed by atoms with Crippen molar-refractivity contribution >= 4 is 34.2 Å². The Morgan fingerprint density at radius 1 is 1.11 bits per heavy atom. The summed E-state index contributed by atoms with van der Waals surface area (Å²) >= 11 is 0. The van der Waals surface area contributed by atoms with E-state index in [1.807, 2.05) is 56.3 Å². The smallest absolute Gasteiger partial charge is 0.253 e. The Labute approximate surface area is 216 Å². The van der Waals surface area contributed by atoms with Crippen molar-refractivity contribution in [2.24, 2.45) is 5.41 Å². The first kappa shape index (κ1) is 25.0. The number of para-hydroxylation sites is 1. The zero-order chi connectivity index (χ0) is 26.2. The van der Waals surface area contributed by atoms with Gasteiger partial charge in [-0.1, -0.05) is 32.0 Å². The Morgan fingerprint density at radius 2 is 1.84 bits per heavy atom. The van der Waals surface area contributed by atoms with Gasteiger partial charge in [0.05, 0.1) is 24.9 Å². The van der Waals surface area contributed by atoms with Crippen LogP contribution in [-0.4, -0.2) is 81.2 Å². The van der Waals surface area contributed by atoms with Crippen molar-refractivity contribution in [2.45, 2.75) is 38.6 Å². The van der Waals surface area contributed by atoms with E-state index in [0.717, 1.165) is 16.6 Å². The number of ketones is 1. The number of aliphatic hydroxyl groups is 1. The van der Waals surface area contributed by atoms with Gasteiger partial charge in [-0.2, -0.15) is 5.10 Å². The fourth-order valence-corrected chi connectivity index (χ4v) is 5.52. The van der Waals surface area contributed by atoms with Crippen LogP contribution in [0.25, 0.3) is 10.9 Å². The van der Waals surface area contributed by atoms with E-state index in [-0.39, 0.29) is 37.2 Å². The zero-order valence-corrected chi connectivity index (χ0v) is 21.3. The molecular formula is C28H33N5O4. The maximum absolute atomic E-state index is 13.9. The van der Waals surface area contributed by atoms with Gasteiger partial charge in [0.15, 0.2) is 5.78 Å². The molecule has 37 heavy (non-hydrogen) atoms. The van der Waals surface area contributed by atoms with E-state index in [1.165, 1.54) is 0 Å². The van der Waals surface area contributed by atoms with Crippen molar-refractivity contribution in [3.05, 3.63) is 60.3 Å². The number of carbonyl (C=O) groups is 3. The number of aromatic nitrogens is 2. The second kappa shape index (κ2) is 9.63. The summed E-state index contributed by atoms with van der Waals surface area (Å²) in [5, 5.41) is 17.4. The third-order valence-electron chi connectivity index (χ3n) is 7.62. The van der Waals surface area contributed by atoms with Crippen LogP contribution in [0, 0.1) is 5.41 Å². The number of Topliss-reactive ketones (excluding diaryl/α,β-unsaturated/α-hetero) is 1. The number of benzene rings is 2. The fourth-order valence-electron chi connectivity index (χ4n) is 5.52. The van der Waals surface area contributed by atoms with Crippen LogP contribution in [0.1, 0.15) is 43.5 Å². The van der Waals surface area contributed by atoms with E-state index >= 15 is 0 Å². The van der Waals surface area contributed by atoms with Crippen LogP contribution in [0.15, 0.2) is 54.7 Å². The van der Waals surface area contributed by atoms with Crippen molar-refractivity contribution < 1.29 is 19.5 Å². The predicted molar refractivity (Wildman–Crippen MR) is 140 cm³/mol. The van der Waals surface area contributed by atoms with E-state index in [4.69, 9.17) is 0 Å². The van der Waals surface area contributed by atoms with Crippen molar-refractivity contribution in [2.75, 3.05) is 37.8 Å². The number of amides is 2. The molecule has 0 radical (unpaired) electrons. The molecule has 2 aliphatic heterocycles. The van der Waals surface area contributed by atoms with Crippen LogP contribution < -0.4 is 4.90 Å². The Morgan fingerprint density at radius 3 is 2.54 bits per heavy atom. The summed E-state index contributed by atoms with van der Waals surface area (Å²) in [7, 11) is 0. The molecule has 0 saturated carbocycles. The van der Waals surface area contributed by atoms with E-state index in [1.54, 1.807) is 22.1 Å². The molecule has 2 aliphatic rings. The Balaban J connectivity index is 1.35. The molecule has 2 N–H and O–H groups in total. The molecule has 0 unspecified atom stereocenters. The Kier molecular flexibility index (Phi) is 6.49. The summed E-state index contributed by atoms with van der Waals surface area (Å²) in [6, 6.07) is 15.3. The summed E-state index contributed by atoms with van der Waals surface area (Å²) in [6.45, 7) is 4.80. The second-order valence-corrected chi connectivity index (χ2v) is 10.9. The lowest BCUT2D eigenvalue weighted by atomic mass is 9.85. The van der Waals surface area contributed by atoms with Gasteiger partial charge in [-0.3, -0.25) is 19.5 Å². The zero-order valence-electron chi connectivity index (χ0n) is 21.3. The lowest BCUT2D eigenvalue weighted by Crippen LogP contribution is -2.57. The van der Waals surface area contributed by atoms with Gasteiger partial charge in [0.1, 0.15) is 5.54 Å². The number of hydrogen-bond acceptors (Lipinski definition) is 6. The van der Waals surface area contributed by atoms with E-state index < -0.39 is 11.0 Å². The summed E-state index contributed by atoms with van der Waals surface area (Å²) < 4.78 is 0. The van der Waals surface area contributed by atoms with E-state index in [0.29, 0.717) is 38.2 Å². The van der Waals surface area contributed by atoms with Gasteiger partial charge in [0.25, 0.3) is 5.91 Å². The first-order valence-electron chi connectivity index (χ1n) is 12.7. The van der Waals surface area contributed by atoms with Crippen molar-refractivity contribution in [3.63, 3.8) is 0 Å². The standard InChI is InChI=1S/C28H33N5O4/c1-27(2,18-34)15-23(35)17-32-19-33(22-6-4-3-5-7-22)28(26(32)37)10-12-31(13-11-28)25(36)20-8-9-24-21(14-20)16-29-30-24/h3-9,14,16,34H,10-13,15,17-19H2,1-2H3,(H,29,30). The molecule has 194 valence electrons. The lowest BCUT2D eigenvalue weighted by Gasteiger charge is -2.43. The first-order chi connectivity index (χ1) is 17.7. The molecule has 3 aromatic rings. The number of hydrogen-bond donors (Lipinski definition) is 2. The maximum atomic E-state index is 13.9. The largest absolute Gasteiger partial charge is 0.396 e. The summed E-state index contributed by atoms with van der Waals surface area (Å²) in [4.78, 5) is 45.5. The summed E-state index contributed by atoms with van der Waals surface area (Å²) in [5.74, 6) is -0.203. The molecule has 3 heterocycles. The highest BCUT2D eigenvalue weighted by molar-refractivity contribution is 5.99. The first-order valence-corrected chi connectivity index (χ1v) is 12.7. The molecule has 5 rings (SSSR count). The third-order valence-corrected chi connectivity index (χ3v) is 7.62. The van der Waals surface area contributed by atoms with Gasteiger partial charge in [-0.15, -0.1) is 0 Å². The van der Waals surface area contributed by atoms with E-state index in [2.05, 4.69) is 15.1 Å². The number of aromatic amines is 1. The second-order valence-electron chi connectivity index (χ2n) is 10.9. The number of likely N-dealkylation sites (tertiary alicyclic amines) is 1. The van der Waals surface area contributed by atoms with Gasteiger partial charge >= 0.3 is 0 Å². The number of nitrogens with zero attached hydrogens (tertiary/aromatic N) is 4. The van der Waals surface area contributed by atoms with Crippen LogP contribution in [0.3, 0.4) is 0 Å². The summed E-state index contributed by atoms with van der Waals surface area (Å²) in [6.07, 6.45) is 2.86. The molecule has 0 bridgehead atoms. The Hall–Kier alpha value is -3.72. The summed E-state index contributed by atoms with van der Waals surface area (Å²) in [5.41, 5.74) is 1.07. The molecule has 0 atom stereocenters.